The van der Waals surface area contributed by atoms with Gasteiger partial charge in [0.25, 0.3) is 0 Å². The molecule has 1 saturated heterocycles. The molecule has 2 aliphatic rings. The Morgan fingerprint density at radius 1 is 1.00 bits per heavy atom. The molecule has 39 heavy (non-hydrogen) atoms. The molecular weight excluding hydrogens is 496 g/mol. The lowest BCUT2D eigenvalue weighted by Crippen LogP contribution is -2.45. The van der Waals surface area contributed by atoms with Crippen LogP contribution in [0.3, 0.4) is 0 Å². The van der Waals surface area contributed by atoms with Gasteiger partial charge in [-0.25, -0.2) is 4.79 Å². The Kier molecular flexibility index (Phi) is 8.17. The van der Waals surface area contributed by atoms with E-state index < -0.39 is 11.2 Å². The number of rotatable bonds is 6. The van der Waals surface area contributed by atoms with Crippen LogP contribution in [0.2, 0.25) is 0 Å². The van der Waals surface area contributed by atoms with Gasteiger partial charge in [-0.1, -0.05) is 12.1 Å². The summed E-state index contributed by atoms with van der Waals surface area (Å²) in [6.07, 6.45) is 1.34. The fourth-order valence-electron chi connectivity index (χ4n) is 5.38. The van der Waals surface area contributed by atoms with E-state index in [1.54, 1.807) is 16.9 Å². The zero-order chi connectivity index (χ0) is 28.5. The van der Waals surface area contributed by atoms with E-state index in [2.05, 4.69) is 0 Å². The Morgan fingerprint density at radius 2 is 1.62 bits per heavy atom. The quantitative estimate of drug-likeness (QED) is 0.528. The van der Waals surface area contributed by atoms with Crippen molar-refractivity contribution in [2.75, 3.05) is 25.1 Å². The number of amides is 2. The predicted molar refractivity (Wildman–Crippen MR) is 150 cm³/mol. The van der Waals surface area contributed by atoms with E-state index in [0.29, 0.717) is 44.0 Å². The first-order valence-electron chi connectivity index (χ1n) is 13.8. The minimum Gasteiger partial charge on any atom is -0.493 e. The van der Waals surface area contributed by atoms with E-state index in [9.17, 15) is 14.7 Å². The normalized spacial score (nSPS) is 18.0. The van der Waals surface area contributed by atoms with Crippen molar-refractivity contribution in [3.63, 3.8) is 0 Å². The monoisotopic (exact) mass is 538 g/mol. The van der Waals surface area contributed by atoms with Crippen LogP contribution in [0.1, 0.15) is 71.1 Å². The summed E-state index contributed by atoms with van der Waals surface area (Å²) < 4.78 is 16.9. The Labute approximate surface area is 231 Å². The van der Waals surface area contributed by atoms with Crippen LogP contribution in [0.15, 0.2) is 36.4 Å². The van der Waals surface area contributed by atoms with Crippen LogP contribution >= 0.6 is 0 Å². The molecule has 2 amide bonds. The molecule has 2 heterocycles. The topological polar surface area (TPSA) is 88.5 Å². The van der Waals surface area contributed by atoms with E-state index in [-0.39, 0.29) is 30.4 Å². The molecule has 1 unspecified atom stereocenters. The highest BCUT2D eigenvalue weighted by atomic mass is 16.6. The van der Waals surface area contributed by atoms with Gasteiger partial charge in [0.15, 0.2) is 11.5 Å². The lowest BCUT2D eigenvalue weighted by molar-refractivity contribution is -0.118. The number of methoxy groups -OCH3 is 1. The summed E-state index contributed by atoms with van der Waals surface area (Å²) in [4.78, 5) is 29.0. The van der Waals surface area contributed by atoms with Crippen molar-refractivity contribution >= 4 is 17.7 Å². The first kappa shape index (κ1) is 28.7. The van der Waals surface area contributed by atoms with E-state index in [0.717, 1.165) is 22.4 Å². The Hall–Kier alpha value is -3.26. The smallest absolute Gasteiger partial charge is 0.410 e. The summed E-state index contributed by atoms with van der Waals surface area (Å²) in [5, 5.41) is 11.5. The van der Waals surface area contributed by atoms with Crippen LogP contribution in [0.5, 0.6) is 11.5 Å². The highest BCUT2D eigenvalue weighted by molar-refractivity contribution is 5.96. The molecule has 0 bridgehead atoms. The van der Waals surface area contributed by atoms with Crippen molar-refractivity contribution in [1.29, 1.82) is 0 Å². The van der Waals surface area contributed by atoms with Crippen molar-refractivity contribution < 1.29 is 28.9 Å². The van der Waals surface area contributed by atoms with Crippen LogP contribution in [0, 0.1) is 5.92 Å². The highest BCUT2D eigenvalue weighted by Gasteiger charge is 2.38. The maximum absolute atomic E-state index is 13.1. The SMILES string of the molecule is COc1cc2c(cc1OC(C)C)CN(c1ccc(C(C)(O)C3CCN(C(=O)OC(C)(C)C)CC3)cc1)C(=O)C2. The highest BCUT2D eigenvalue weighted by Crippen LogP contribution is 2.39. The van der Waals surface area contributed by atoms with E-state index in [1.165, 1.54) is 0 Å². The standard InChI is InChI=1S/C31H42N2O6/c1-20(2)38-27-17-22-19-33(28(34)18-21(22)16-26(27)37-7)25-10-8-23(9-11-25)31(6,36)24-12-14-32(15-13-24)29(35)39-30(3,4)5/h8-11,16-17,20,24,36H,12-15,18-19H2,1-7H3. The summed E-state index contributed by atoms with van der Waals surface area (Å²) in [7, 11) is 1.60. The molecule has 8 nitrogen and oxygen atoms in total. The molecule has 1 N–H and O–H groups in total. The summed E-state index contributed by atoms with van der Waals surface area (Å²) in [5.41, 5.74) is 1.96. The summed E-state index contributed by atoms with van der Waals surface area (Å²) in [6, 6.07) is 11.5. The molecular formula is C31H42N2O6. The van der Waals surface area contributed by atoms with Gasteiger partial charge in [0, 0.05) is 18.8 Å². The van der Waals surface area contributed by atoms with Gasteiger partial charge in [-0.2, -0.15) is 0 Å². The molecule has 2 aliphatic heterocycles. The molecule has 0 aromatic heterocycles. The molecule has 0 radical (unpaired) electrons. The molecule has 8 heteroatoms. The van der Waals surface area contributed by atoms with Gasteiger partial charge in [-0.15, -0.1) is 0 Å². The third-order valence-corrected chi connectivity index (χ3v) is 7.52. The third-order valence-electron chi connectivity index (χ3n) is 7.52. The second kappa shape index (κ2) is 11.1. The summed E-state index contributed by atoms with van der Waals surface area (Å²) >= 11 is 0. The largest absolute Gasteiger partial charge is 0.493 e. The minimum absolute atomic E-state index is 0.000101. The third kappa shape index (κ3) is 6.49. The number of anilines is 1. The van der Waals surface area contributed by atoms with Gasteiger partial charge >= 0.3 is 6.09 Å². The van der Waals surface area contributed by atoms with Crippen LogP contribution in [-0.2, 0) is 28.1 Å². The number of carbonyl (C=O) groups excluding carboxylic acids is 2. The second-order valence-electron chi connectivity index (χ2n) is 12.0. The van der Waals surface area contributed by atoms with Crippen molar-refractivity contribution in [2.24, 2.45) is 5.92 Å². The maximum Gasteiger partial charge on any atom is 0.410 e. The number of piperidine rings is 1. The molecule has 1 fully saturated rings. The molecule has 0 saturated carbocycles. The second-order valence-corrected chi connectivity index (χ2v) is 12.0. The van der Waals surface area contributed by atoms with Crippen LogP contribution in [0.25, 0.3) is 0 Å². The van der Waals surface area contributed by atoms with Gasteiger partial charge < -0.3 is 29.1 Å². The fourth-order valence-corrected chi connectivity index (χ4v) is 5.38. The zero-order valence-electron chi connectivity index (χ0n) is 24.2. The molecule has 0 aliphatic carbocycles. The number of hydrogen-bond acceptors (Lipinski definition) is 6. The number of hydrogen-bond donors (Lipinski definition) is 1. The minimum atomic E-state index is -1.06. The number of aliphatic hydroxyl groups is 1. The van der Waals surface area contributed by atoms with Crippen molar-refractivity contribution in [3.05, 3.63) is 53.1 Å². The fraction of sp³-hybridized carbons (Fsp3) is 0.548. The molecule has 0 spiro atoms. The Morgan fingerprint density at radius 3 is 2.18 bits per heavy atom. The maximum atomic E-state index is 13.1. The molecule has 212 valence electrons. The number of carbonyl (C=O) groups is 2. The lowest BCUT2D eigenvalue weighted by atomic mass is 9.77. The average Bonchev–Trinajstić information content (AvgIpc) is 2.87. The number of fused-ring (bicyclic) bond motifs is 1. The van der Waals surface area contributed by atoms with Gasteiger partial charge in [0.1, 0.15) is 5.60 Å². The Bertz CT molecular complexity index is 1190. The van der Waals surface area contributed by atoms with E-state index >= 15 is 0 Å². The summed E-state index contributed by atoms with van der Waals surface area (Å²) in [5.74, 6) is 1.31. The number of likely N-dealkylation sites (tertiary alicyclic amines) is 1. The molecule has 2 aromatic carbocycles. The van der Waals surface area contributed by atoms with E-state index in [4.69, 9.17) is 14.2 Å². The number of nitrogens with zero attached hydrogens (tertiary/aromatic N) is 2. The van der Waals surface area contributed by atoms with Crippen molar-refractivity contribution in [2.45, 2.75) is 84.7 Å². The summed E-state index contributed by atoms with van der Waals surface area (Å²) in [6.45, 7) is 12.9. The van der Waals surface area contributed by atoms with Gasteiger partial charge in [0.2, 0.25) is 5.91 Å². The molecule has 4 rings (SSSR count). The number of benzene rings is 2. The van der Waals surface area contributed by atoms with Crippen LogP contribution < -0.4 is 14.4 Å². The molecule has 1 atom stereocenters. The predicted octanol–water partition coefficient (Wildman–Crippen LogP) is 5.43. The van der Waals surface area contributed by atoms with Crippen molar-refractivity contribution in [3.8, 4) is 11.5 Å². The number of ether oxygens (including phenoxy) is 3. The first-order valence-corrected chi connectivity index (χ1v) is 13.8. The van der Waals surface area contributed by atoms with Gasteiger partial charge in [0.05, 0.1) is 31.8 Å². The molecule has 2 aromatic rings. The van der Waals surface area contributed by atoms with Gasteiger partial charge in [-0.3, -0.25) is 4.79 Å². The lowest BCUT2D eigenvalue weighted by Gasteiger charge is -2.40. The van der Waals surface area contributed by atoms with Crippen LogP contribution in [-0.4, -0.2) is 53.9 Å². The van der Waals surface area contributed by atoms with Crippen molar-refractivity contribution in [1.82, 2.24) is 4.90 Å². The van der Waals surface area contributed by atoms with Crippen LogP contribution in [0.4, 0.5) is 10.5 Å². The average molecular weight is 539 g/mol. The Balaban J connectivity index is 1.45. The van der Waals surface area contributed by atoms with E-state index in [1.807, 2.05) is 77.9 Å². The van der Waals surface area contributed by atoms with Gasteiger partial charge in [-0.05, 0) is 101 Å². The zero-order valence-corrected chi connectivity index (χ0v) is 24.2. The first-order chi connectivity index (χ1) is 18.3.